The normalized spacial score (nSPS) is 44.6. The molecule has 2 saturated heterocycles. The van der Waals surface area contributed by atoms with Crippen LogP contribution in [0, 0.1) is 20.0 Å². The molecule has 5 heteroatoms. The first-order chi connectivity index (χ1) is 6.18. The van der Waals surface area contributed by atoms with Crippen LogP contribution in [0.2, 0.25) is 0 Å². The molecule has 5 atom stereocenters. The van der Waals surface area contributed by atoms with Gasteiger partial charge in [0, 0.05) is 0 Å². The summed E-state index contributed by atoms with van der Waals surface area (Å²) in [6, 6.07) is 0. The van der Waals surface area contributed by atoms with Crippen molar-refractivity contribution < 1.29 is 40.4 Å². The number of hydrogen-bond acceptors (Lipinski definition) is 4. The molecule has 0 saturated carbocycles. The Labute approximate surface area is 106 Å². The van der Waals surface area contributed by atoms with Gasteiger partial charge in [-0.15, -0.1) is 5.92 Å². The Bertz CT molecular complexity index is 186. The molecule has 0 aromatic heterocycles. The number of fused-ring (bicyclic) bond motifs is 1. The first-order valence-corrected chi connectivity index (χ1v) is 4.62. The van der Waals surface area contributed by atoms with Crippen molar-refractivity contribution in [2.75, 3.05) is 6.61 Å². The second-order valence-corrected chi connectivity index (χ2v) is 3.66. The third-order valence-corrected chi connectivity index (χ3v) is 2.55. The molecule has 2 aliphatic heterocycles. The Morgan fingerprint density at radius 3 is 2.67 bits per heavy atom. The molecule has 0 aromatic rings. The van der Waals surface area contributed by atoms with E-state index in [-0.39, 0.29) is 52.9 Å². The second-order valence-electron chi connectivity index (χ2n) is 3.66. The maximum absolute atomic E-state index is 9.80. The van der Waals surface area contributed by atoms with Crippen LogP contribution in [0.4, 0.5) is 0 Å². The fourth-order valence-corrected chi connectivity index (χ4v) is 1.70. The van der Waals surface area contributed by atoms with Gasteiger partial charge in [0.05, 0.1) is 18.8 Å². The third-order valence-electron chi connectivity index (χ3n) is 2.55. The molecule has 15 heavy (non-hydrogen) atoms. The number of aliphatic hydroxyl groups excluding tert-OH is 1. The molecule has 0 radical (unpaired) electrons. The van der Waals surface area contributed by atoms with Gasteiger partial charge < -0.3 is 26.7 Å². The van der Waals surface area contributed by atoms with Crippen molar-refractivity contribution in [3.05, 3.63) is 14.0 Å². The molecule has 1 N–H and O–H groups in total. The molecule has 2 aliphatic rings. The van der Waals surface area contributed by atoms with E-state index >= 15 is 0 Å². The van der Waals surface area contributed by atoms with Crippen LogP contribution in [-0.4, -0.2) is 36.3 Å². The maximum Gasteiger partial charge on any atom is 2.00 e. The summed E-state index contributed by atoms with van der Waals surface area (Å²) in [5, 5.41) is 9.80. The van der Waals surface area contributed by atoms with Gasteiger partial charge in [0.1, 0.15) is 6.10 Å². The predicted molar refractivity (Wildman–Crippen MR) is 51.0 cm³/mol. The second kappa shape index (κ2) is 6.31. The van der Waals surface area contributed by atoms with Gasteiger partial charge in [0.2, 0.25) is 0 Å². The molecule has 2 rings (SSSR count). The van der Waals surface area contributed by atoms with Crippen molar-refractivity contribution in [3.63, 3.8) is 0 Å². The van der Waals surface area contributed by atoms with Crippen molar-refractivity contribution in [2.24, 2.45) is 5.92 Å². The summed E-state index contributed by atoms with van der Waals surface area (Å²) in [6.07, 6.45) is -1.12. The van der Waals surface area contributed by atoms with E-state index < -0.39 is 6.10 Å². The summed E-state index contributed by atoms with van der Waals surface area (Å²) in [7, 11) is 0. The molecule has 2 heterocycles. The van der Waals surface area contributed by atoms with Crippen LogP contribution in [0.5, 0.6) is 0 Å². The van der Waals surface area contributed by atoms with E-state index in [1.54, 1.807) is 6.61 Å². The summed E-state index contributed by atoms with van der Waals surface area (Å²) >= 11 is 0. The van der Waals surface area contributed by atoms with Gasteiger partial charge in [0.25, 0.3) is 0 Å². The zero-order valence-electron chi connectivity index (χ0n) is 9.25. The Balaban J connectivity index is 0.000000980. The van der Waals surface area contributed by atoms with Crippen molar-refractivity contribution >= 4 is 0 Å². The quantitative estimate of drug-likeness (QED) is 0.625. The first-order valence-electron chi connectivity index (χ1n) is 4.62. The molecule has 0 aromatic carbocycles. The SMILES string of the molecule is CC1OCC2O[CH-]C(C)C(O)C2O1.[CH3-].[W+2]. The monoisotopic (exact) mass is 386 g/mol. The summed E-state index contributed by atoms with van der Waals surface area (Å²) in [4.78, 5) is 0. The minimum Gasteiger partial charge on any atom is -0.546 e. The summed E-state index contributed by atoms with van der Waals surface area (Å²) in [5.74, 6) is 0.0200. The summed E-state index contributed by atoms with van der Waals surface area (Å²) in [5.41, 5.74) is 0. The molecule has 88 valence electrons. The number of hydrogen-bond donors (Lipinski definition) is 1. The minimum atomic E-state index is -0.481. The van der Waals surface area contributed by atoms with E-state index in [9.17, 15) is 5.11 Å². The molecule has 0 amide bonds. The van der Waals surface area contributed by atoms with Crippen LogP contribution in [0.3, 0.4) is 0 Å². The Morgan fingerprint density at radius 2 is 2.00 bits per heavy atom. The Morgan fingerprint density at radius 1 is 1.33 bits per heavy atom. The van der Waals surface area contributed by atoms with Crippen molar-refractivity contribution in [1.29, 1.82) is 0 Å². The van der Waals surface area contributed by atoms with Crippen molar-refractivity contribution in [1.82, 2.24) is 0 Å². The summed E-state index contributed by atoms with van der Waals surface area (Å²) in [6.45, 7) is 5.89. The molecular formula is C10H18O4W. The van der Waals surface area contributed by atoms with Crippen LogP contribution in [-0.2, 0) is 35.3 Å². The van der Waals surface area contributed by atoms with Gasteiger partial charge in [-0.05, 0) is 6.92 Å². The average Bonchev–Trinajstić information content (AvgIpc) is 2.12. The van der Waals surface area contributed by atoms with Crippen LogP contribution < -0.4 is 0 Å². The molecule has 0 aliphatic carbocycles. The largest absolute Gasteiger partial charge is 2.00 e. The topological polar surface area (TPSA) is 47.9 Å². The van der Waals surface area contributed by atoms with Crippen molar-refractivity contribution in [3.8, 4) is 0 Å². The molecule has 5 unspecified atom stereocenters. The van der Waals surface area contributed by atoms with Crippen molar-refractivity contribution in [2.45, 2.75) is 38.4 Å². The van der Waals surface area contributed by atoms with E-state index in [0.29, 0.717) is 6.61 Å². The molecule has 0 spiro atoms. The molecular weight excluding hydrogens is 368 g/mol. The Hall–Kier alpha value is 0.528. The van der Waals surface area contributed by atoms with E-state index in [1.165, 1.54) is 0 Å². The van der Waals surface area contributed by atoms with E-state index in [0.717, 1.165) is 0 Å². The Kier molecular flexibility index (Phi) is 6.53. The zero-order chi connectivity index (χ0) is 9.42. The smallest absolute Gasteiger partial charge is 0.546 e. The van der Waals surface area contributed by atoms with Gasteiger partial charge >= 0.3 is 21.1 Å². The van der Waals surface area contributed by atoms with Gasteiger partial charge in [-0.25, -0.2) is 6.61 Å². The predicted octanol–water partition coefficient (Wildman–Crippen LogP) is 0.753. The first kappa shape index (κ1) is 15.5. The standard InChI is InChI=1S/C9H15O4.CH3.W/c1-5-3-12-7-4-11-6(2)13-9(7)8(5)10;;/h3,5-10H,4H2,1-2H3;1H3;/q2*-1;+2. The average molecular weight is 386 g/mol. The minimum absolute atomic E-state index is 0. The van der Waals surface area contributed by atoms with Crippen LogP contribution >= 0.6 is 0 Å². The van der Waals surface area contributed by atoms with Crippen LogP contribution in [0.15, 0.2) is 0 Å². The zero-order valence-corrected chi connectivity index (χ0v) is 12.2. The molecule has 2 fully saturated rings. The number of ether oxygens (including phenoxy) is 3. The number of rotatable bonds is 0. The van der Waals surface area contributed by atoms with Gasteiger partial charge in [-0.1, -0.05) is 6.92 Å². The van der Waals surface area contributed by atoms with Gasteiger partial charge in [0.15, 0.2) is 6.29 Å². The van der Waals surface area contributed by atoms with E-state index in [4.69, 9.17) is 14.2 Å². The third kappa shape index (κ3) is 3.24. The summed E-state index contributed by atoms with van der Waals surface area (Å²) < 4.78 is 16.1. The van der Waals surface area contributed by atoms with Crippen LogP contribution in [0.1, 0.15) is 13.8 Å². The fraction of sp³-hybridized carbons (Fsp3) is 0.800. The maximum atomic E-state index is 9.80. The number of aliphatic hydroxyl groups is 1. The van der Waals surface area contributed by atoms with E-state index in [1.807, 2.05) is 13.8 Å². The molecule has 0 bridgehead atoms. The van der Waals surface area contributed by atoms with E-state index in [2.05, 4.69) is 0 Å². The molecule has 4 nitrogen and oxygen atoms in total. The van der Waals surface area contributed by atoms with Gasteiger partial charge in [-0.2, -0.15) is 0 Å². The van der Waals surface area contributed by atoms with Crippen LogP contribution in [0.25, 0.3) is 0 Å². The fourth-order valence-electron chi connectivity index (χ4n) is 1.70. The van der Waals surface area contributed by atoms with Gasteiger partial charge in [-0.3, -0.25) is 0 Å².